The van der Waals surface area contributed by atoms with Gasteiger partial charge in [0.1, 0.15) is 42.6 Å². The van der Waals surface area contributed by atoms with E-state index in [-0.39, 0.29) is 5.91 Å². The van der Waals surface area contributed by atoms with Crippen molar-refractivity contribution in [3.8, 4) is 23.0 Å². The van der Waals surface area contributed by atoms with Crippen molar-refractivity contribution in [2.24, 2.45) is 0 Å². The maximum absolute atomic E-state index is 13.2. The number of ether oxygens (including phenoxy) is 2. The van der Waals surface area contributed by atoms with Crippen molar-refractivity contribution in [2.45, 2.75) is 13.2 Å². The monoisotopic (exact) mass is 439 g/mol. The Bertz CT molecular complexity index is 1300. The van der Waals surface area contributed by atoms with Crippen LogP contribution < -0.4 is 14.8 Å². The van der Waals surface area contributed by atoms with Gasteiger partial charge in [-0.05, 0) is 42.0 Å². The first-order valence-corrected chi connectivity index (χ1v) is 10.5. The van der Waals surface area contributed by atoms with Crippen LogP contribution in [0.25, 0.3) is 11.5 Å². The van der Waals surface area contributed by atoms with E-state index >= 15 is 0 Å². The Morgan fingerprint density at radius 1 is 1.03 bits per heavy atom. The Morgan fingerprint density at radius 2 is 1.94 bits per heavy atom. The standard InChI is InChI=1S/C25H21N5O3/c31-25-20-15-19(33-16-18-7-2-1-3-8-18)11-12-22(20)32-14-5-4-13-30-17-26-29-24(30)21-9-6-10-23(27-21)28-25/h1-12,15,17H,13-14,16H2,(H,27,28,31)/b5-4-. The number of fused-ring (bicyclic) bond motifs is 5. The van der Waals surface area contributed by atoms with E-state index in [4.69, 9.17) is 9.47 Å². The Labute approximate surface area is 190 Å². The van der Waals surface area contributed by atoms with E-state index in [1.807, 2.05) is 59.2 Å². The summed E-state index contributed by atoms with van der Waals surface area (Å²) in [5.74, 6) is 1.71. The molecule has 1 aliphatic heterocycles. The van der Waals surface area contributed by atoms with E-state index in [0.717, 1.165) is 5.56 Å². The predicted octanol–water partition coefficient (Wildman–Crippen LogP) is 4.12. The minimum absolute atomic E-state index is 0.311. The number of hydrogen-bond acceptors (Lipinski definition) is 6. The van der Waals surface area contributed by atoms with Gasteiger partial charge in [-0.25, -0.2) is 4.98 Å². The molecule has 164 valence electrons. The van der Waals surface area contributed by atoms with Crippen LogP contribution in [0.5, 0.6) is 11.5 Å². The van der Waals surface area contributed by atoms with Crippen LogP contribution in [-0.2, 0) is 13.2 Å². The molecule has 2 aromatic heterocycles. The summed E-state index contributed by atoms with van der Waals surface area (Å²) >= 11 is 0. The van der Waals surface area contributed by atoms with Gasteiger partial charge in [0.2, 0.25) is 0 Å². The molecular weight excluding hydrogens is 418 g/mol. The number of aromatic nitrogens is 4. The molecule has 3 heterocycles. The largest absolute Gasteiger partial charge is 0.489 e. The molecule has 0 saturated heterocycles. The third-order valence-electron chi connectivity index (χ3n) is 5.08. The zero-order chi connectivity index (χ0) is 22.5. The van der Waals surface area contributed by atoms with E-state index in [9.17, 15) is 4.79 Å². The van der Waals surface area contributed by atoms with Crippen molar-refractivity contribution in [1.82, 2.24) is 19.7 Å². The average Bonchev–Trinajstić information content (AvgIpc) is 3.32. The van der Waals surface area contributed by atoms with Gasteiger partial charge in [0.15, 0.2) is 5.82 Å². The number of amides is 1. The number of hydrogen-bond donors (Lipinski definition) is 1. The van der Waals surface area contributed by atoms with Gasteiger partial charge in [0, 0.05) is 6.54 Å². The molecule has 0 spiro atoms. The quantitative estimate of drug-likeness (QED) is 0.483. The molecule has 0 unspecified atom stereocenters. The molecule has 8 heteroatoms. The van der Waals surface area contributed by atoms with Crippen molar-refractivity contribution < 1.29 is 14.3 Å². The molecule has 0 fully saturated rings. The lowest BCUT2D eigenvalue weighted by atomic mass is 10.1. The van der Waals surface area contributed by atoms with Crippen LogP contribution in [0, 0.1) is 0 Å². The molecule has 1 N–H and O–H groups in total. The van der Waals surface area contributed by atoms with Crippen molar-refractivity contribution >= 4 is 11.7 Å². The second kappa shape index (κ2) is 9.35. The highest BCUT2D eigenvalue weighted by Gasteiger charge is 2.17. The predicted molar refractivity (Wildman–Crippen MR) is 123 cm³/mol. The number of benzene rings is 2. The van der Waals surface area contributed by atoms with Gasteiger partial charge in [-0.1, -0.05) is 42.5 Å². The second-order valence-corrected chi connectivity index (χ2v) is 7.38. The van der Waals surface area contributed by atoms with Crippen LogP contribution in [0.3, 0.4) is 0 Å². The van der Waals surface area contributed by atoms with E-state index < -0.39 is 0 Å². The van der Waals surface area contributed by atoms with Crippen LogP contribution >= 0.6 is 0 Å². The first-order valence-electron chi connectivity index (χ1n) is 10.5. The lowest BCUT2D eigenvalue weighted by Crippen LogP contribution is -2.15. The zero-order valence-electron chi connectivity index (χ0n) is 17.7. The number of pyridine rings is 1. The maximum atomic E-state index is 13.2. The van der Waals surface area contributed by atoms with Crippen molar-refractivity contribution in [2.75, 3.05) is 11.9 Å². The summed E-state index contributed by atoms with van der Waals surface area (Å²) in [5.41, 5.74) is 2.02. The lowest BCUT2D eigenvalue weighted by Gasteiger charge is -2.14. The van der Waals surface area contributed by atoms with Crippen molar-refractivity contribution in [1.29, 1.82) is 0 Å². The second-order valence-electron chi connectivity index (χ2n) is 7.38. The third kappa shape index (κ3) is 4.74. The fourth-order valence-electron chi connectivity index (χ4n) is 3.44. The van der Waals surface area contributed by atoms with Gasteiger partial charge in [-0.2, -0.15) is 0 Å². The molecular formula is C25H21N5O3. The number of carbonyl (C=O) groups is 1. The van der Waals surface area contributed by atoms with Gasteiger partial charge in [0.05, 0.1) is 5.56 Å². The van der Waals surface area contributed by atoms with E-state index in [1.165, 1.54) is 0 Å². The molecule has 0 saturated carbocycles. The SMILES string of the molecule is O=C1Nc2cccc(n2)-c2nncn2C/C=C\COc2ccc(OCc3ccccc3)cc21. The minimum Gasteiger partial charge on any atom is -0.489 e. The van der Waals surface area contributed by atoms with Gasteiger partial charge in [-0.15, -0.1) is 10.2 Å². The summed E-state index contributed by atoms with van der Waals surface area (Å²) in [6, 6.07) is 20.4. The minimum atomic E-state index is -0.345. The Kier molecular flexibility index (Phi) is 5.79. The van der Waals surface area contributed by atoms with Gasteiger partial charge < -0.3 is 19.4 Å². The van der Waals surface area contributed by atoms with Crippen LogP contribution in [-0.4, -0.2) is 32.3 Å². The summed E-state index contributed by atoms with van der Waals surface area (Å²) in [5, 5.41) is 11.0. The molecule has 1 aliphatic rings. The summed E-state index contributed by atoms with van der Waals surface area (Å²) < 4.78 is 13.7. The topological polar surface area (TPSA) is 91.2 Å². The maximum Gasteiger partial charge on any atom is 0.260 e. The third-order valence-corrected chi connectivity index (χ3v) is 5.08. The van der Waals surface area contributed by atoms with Crippen LogP contribution in [0.2, 0.25) is 0 Å². The Morgan fingerprint density at radius 3 is 2.85 bits per heavy atom. The molecule has 1 amide bonds. The number of carbonyl (C=O) groups excluding carboxylic acids is 1. The van der Waals surface area contributed by atoms with E-state index in [1.54, 1.807) is 30.6 Å². The highest BCUT2D eigenvalue weighted by molar-refractivity contribution is 6.06. The number of allylic oxidation sites excluding steroid dienone is 1. The van der Waals surface area contributed by atoms with Crippen LogP contribution in [0.1, 0.15) is 15.9 Å². The first kappa shape index (κ1) is 20.4. The van der Waals surface area contributed by atoms with Gasteiger partial charge >= 0.3 is 0 Å². The van der Waals surface area contributed by atoms with E-state index in [2.05, 4.69) is 20.5 Å². The summed E-state index contributed by atoms with van der Waals surface area (Å²) in [4.78, 5) is 17.7. The highest BCUT2D eigenvalue weighted by Crippen LogP contribution is 2.27. The van der Waals surface area contributed by atoms with Gasteiger partial charge in [0.25, 0.3) is 5.91 Å². The van der Waals surface area contributed by atoms with Crippen LogP contribution in [0.15, 0.2) is 85.2 Å². The molecule has 4 aromatic rings. The fraction of sp³-hybridized carbons (Fsp3) is 0.120. The molecule has 5 rings (SSSR count). The summed E-state index contributed by atoms with van der Waals surface area (Å²) in [6.45, 7) is 1.28. The lowest BCUT2D eigenvalue weighted by molar-refractivity contribution is 0.102. The molecule has 2 bridgehead atoms. The molecule has 2 aromatic carbocycles. The first-order chi connectivity index (χ1) is 16.3. The zero-order valence-corrected chi connectivity index (χ0v) is 17.7. The smallest absolute Gasteiger partial charge is 0.260 e. The average molecular weight is 439 g/mol. The number of nitrogens with zero attached hydrogens (tertiary/aromatic N) is 4. The molecule has 33 heavy (non-hydrogen) atoms. The molecule has 0 radical (unpaired) electrons. The number of rotatable bonds is 3. The molecule has 0 aliphatic carbocycles. The molecule has 0 atom stereocenters. The van der Waals surface area contributed by atoms with E-state index in [0.29, 0.717) is 54.2 Å². The number of anilines is 1. The summed E-state index contributed by atoms with van der Waals surface area (Å²) in [7, 11) is 0. The fourth-order valence-corrected chi connectivity index (χ4v) is 3.44. The van der Waals surface area contributed by atoms with Crippen molar-refractivity contribution in [3.05, 3.63) is 96.3 Å². The molecule has 8 nitrogen and oxygen atoms in total. The summed E-state index contributed by atoms with van der Waals surface area (Å²) in [6.07, 6.45) is 5.49. The number of nitrogens with one attached hydrogen (secondary N) is 1. The van der Waals surface area contributed by atoms with Crippen molar-refractivity contribution in [3.63, 3.8) is 0 Å². The van der Waals surface area contributed by atoms with Crippen LogP contribution in [0.4, 0.5) is 5.82 Å². The van der Waals surface area contributed by atoms with Gasteiger partial charge in [-0.3, -0.25) is 4.79 Å². The Balaban J connectivity index is 1.45. The Hall–Kier alpha value is -4.46. The highest BCUT2D eigenvalue weighted by atomic mass is 16.5. The normalized spacial score (nSPS) is 14.1.